The molecular formula is C17H25ClN2. The first-order chi connectivity index (χ1) is 9.79. The Balaban J connectivity index is 1.91. The van der Waals surface area contributed by atoms with Gasteiger partial charge in [0.05, 0.1) is 0 Å². The lowest BCUT2D eigenvalue weighted by molar-refractivity contribution is 0.243. The van der Waals surface area contributed by atoms with Crippen LogP contribution in [0.1, 0.15) is 44.1 Å². The average Bonchev–Trinajstić information content (AvgIpc) is 2.49. The van der Waals surface area contributed by atoms with Crippen molar-refractivity contribution >= 4 is 17.3 Å². The van der Waals surface area contributed by atoms with Gasteiger partial charge in [-0.05, 0) is 62.3 Å². The van der Waals surface area contributed by atoms with Crippen molar-refractivity contribution in [1.82, 2.24) is 0 Å². The highest BCUT2D eigenvalue weighted by Crippen LogP contribution is 2.39. The summed E-state index contributed by atoms with van der Waals surface area (Å²) < 4.78 is 0. The van der Waals surface area contributed by atoms with Gasteiger partial charge in [0, 0.05) is 23.3 Å². The van der Waals surface area contributed by atoms with Gasteiger partial charge in [-0.3, -0.25) is 0 Å². The maximum atomic E-state index is 6.25. The number of hydrogen-bond acceptors (Lipinski definition) is 2. The van der Waals surface area contributed by atoms with Gasteiger partial charge in [0.25, 0.3) is 0 Å². The molecule has 2 N–H and O–H groups in total. The lowest BCUT2D eigenvalue weighted by Crippen LogP contribution is -2.47. The second-order valence-corrected chi connectivity index (χ2v) is 6.70. The molecule has 1 aliphatic carbocycles. The molecule has 0 radical (unpaired) electrons. The number of fused-ring (bicyclic) bond motifs is 1. The zero-order valence-electron chi connectivity index (χ0n) is 12.2. The van der Waals surface area contributed by atoms with Crippen molar-refractivity contribution < 1.29 is 0 Å². The van der Waals surface area contributed by atoms with Gasteiger partial charge in [-0.25, -0.2) is 0 Å². The van der Waals surface area contributed by atoms with E-state index < -0.39 is 0 Å². The van der Waals surface area contributed by atoms with Crippen LogP contribution in [0.5, 0.6) is 0 Å². The van der Waals surface area contributed by atoms with E-state index >= 15 is 0 Å². The SMILES string of the molecule is NCCc1ccc(Cl)cc1N1CCCC2CCCCC21. The number of nitrogens with two attached hydrogens (primary N) is 1. The quantitative estimate of drug-likeness (QED) is 0.912. The molecule has 1 saturated carbocycles. The molecule has 1 aliphatic heterocycles. The van der Waals surface area contributed by atoms with E-state index in [4.69, 9.17) is 17.3 Å². The Bertz CT molecular complexity index is 458. The third-order valence-electron chi connectivity index (χ3n) is 5.01. The van der Waals surface area contributed by atoms with Crippen molar-refractivity contribution in [3.8, 4) is 0 Å². The molecule has 1 aromatic rings. The van der Waals surface area contributed by atoms with Crippen LogP contribution >= 0.6 is 11.6 Å². The predicted octanol–water partition coefficient (Wildman–Crippen LogP) is 4.00. The van der Waals surface area contributed by atoms with Gasteiger partial charge < -0.3 is 10.6 Å². The third kappa shape index (κ3) is 2.82. The smallest absolute Gasteiger partial charge is 0.0426 e. The van der Waals surface area contributed by atoms with Crippen LogP contribution in [0.15, 0.2) is 18.2 Å². The van der Waals surface area contributed by atoms with Crippen LogP contribution in [-0.2, 0) is 6.42 Å². The van der Waals surface area contributed by atoms with Crippen molar-refractivity contribution in [1.29, 1.82) is 0 Å². The molecule has 1 heterocycles. The average molecular weight is 293 g/mol. The molecule has 2 unspecified atom stereocenters. The van der Waals surface area contributed by atoms with Crippen LogP contribution in [0.4, 0.5) is 5.69 Å². The molecule has 1 saturated heterocycles. The first kappa shape index (κ1) is 14.2. The van der Waals surface area contributed by atoms with Gasteiger partial charge in [-0.1, -0.05) is 30.5 Å². The molecule has 2 nitrogen and oxygen atoms in total. The molecule has 2 atom stereocenters. The Morgan fingerprint density at radius 2 is 1.95 bits per heavy atom. The van der Waals surface area contributed by atoms with Crippen LogP contribution < -0.4 is 10.6 Å². The van der Waals surface area contributed by atoms with Gasteiger partial charge in [0.2, 0.25) is 0 Å². The van der Waals surface area contributed by atoms with E-state index in [-0.39, 0.29) is 0 Å². The maximum absolute atomic E-state index is 6.25. The largest absolute Gasteiger partial charge is 0.368 e. The molecule has 0 spiro atoms. The third-order valence-corrected chi connectivity index (χ3v) is 5.25. The van der Waals surface area contributed by atoms with Crippen LogP contribution in [-0.4, -0.2) is 19.1 Å². The first-order valence-electron chi connectivity index (χ1n) is 8.04. The van der Waals surface area contributed by atoms with Gasteiger partial charge in [-0.2, -0.15) is 0 Å². The topological polar surface area (TPSA) is 29.3 Å². The van der Waals surface area contributed by atoms with Crippen LogP contribution in [0.3, 0.4) is 0 Å². The van der Waals surface area contributed by atoms with Gasteiger partial charge in [0.15, 0.2) is 0 Å². The summed E-state index contributed by atoms with van der Waals surface area (Å²) in [6, 6.07) is 7.05. The zero-order valence-corrected chi connectivity index (χ0v) is 12.9. The van der Waals surface area contributed by atoms with E-state index in [1.54, 1.807) is 0 Å². The minimum atomic E-state index is 0.705. The van der Waals surface area contributed by atoms with Crippen molar-refractivity contribution in [2.75, 3.05) is 18.0 Å². The summed E-state index contributed by atoms with van der Waals surface area (Å²) in [6.45, 7) is 1.88. The standard InChI is InChI=1S/C17H25ClN2/c18-15-8-7-14(9-10-19)17(12-15)20-11-3-5-13-4-1-2-6-16(13)20/h7-8,12-13,16H,1-6,9-11,19H2. The second kappa shape index (κ2) is 6.36. The van der Waals surface area contributed by atoms with Crippen molar-refractivity contribution in [3.63, 3.8) is 0 Å². The molecule has 0 amide bonds. The summed E-state index contributed by atoms with van der Waals surface area (Å²) in [5.74, 6) is 0.891. The molecule has 20 heavy (non-hydrogen) atoms. The highest BCUT2D eigenvalue weighted by atomic mass is 35.5. The normalized spacial score (nSPS) is 26.4. The summed E-state index contributed by atoms with van der Waals surface area (Å²) in [7, 11) is 0. The molecule has 2 aliphatic rings. The van der Waals surface area contributed by atoms with Gasteiger partial charge >= 0.3 is 0 Å². The van der Waals surface area contributed by atoms with Crippen molar-refractivity contribution in [3.05, 3.63) is 28.8 Å². The maximum Gasteiger partial charge on any atom is 0.0426 e. The highest BCUT2D eigenvalue weighted by molar-refractivity contribution is 6.30. The van der Waals surface area contributed by atoms with E-state index in [0.717, 1.165) is 23.4 Å². The van der Waals surface area contributed by atoms with Crippen LogP contribution in [0.25, 0.3) is 0 Å². The lowest BCUT2D eigenvalue weighted by atomic mass is 9.78. The Labute approximate surface area is 127 Å². The van der Waals surface area contributed by atoms with E-state index in [9.17, 15) is 0 Å². The number of hydrogen-bond donors (Lipinski definition) is 1. The molecular weight excluding hydrogens is 268 g/mol. The summed E-state index contributed by atoms with van der Waals surface area (Å²) in [5, 5.41) is 0.846. The summed E-state index contributed by atoms with van der Waals surface area (Å²) in [6.07, 6.45) is 9.22. The fourth-order valence-electron chi connectivity index (χ4n) is 4.10. The lowest BCUT2D eigenvalue weighted by Gasteiger charge is -2.46. The highest BCUT2D eigenvalue weighted by Gasteiger charge is 2.33. The molecule has 3 rings (SSSR count). The van der Waals surface area contributed by atoms with E-state index in [1.165, 1.54) is 56.3 Å². The molecule has 0 bridgehead atoms. The van der Waals surface area contributed by atoms with Crippen LogP contribution in [0, 0.1) is 5.92 Å². The Morgan fingerprint density at radius 1 is 1.15 bits per heavy atom. The Hall–Kier alpha value is -0.730. The first-order valence-corrected chi connectivity index (χ1v) is 8.42. The van der Waals surface area contributed by atoms with Gasteiger partial charge in [0.1, 0.15) is 0 Å². The van der Waals surface area contributed by atoms with E-state index in [1.807, 2.05) is 6.07 Å². The minimum Gasteiger partial charge on any atom is -0.368 e. The van der Waals surface area contributed by atoms with Crippen molar-refractivity contribution in [2.24, 2.45) is 11.7 Å². The zero-order chi connectivity index (χ0) is 13.9. The number of piperidine rings is 1. The monoisotopic (exact) mass is 292 g/mol. The second-order valence-electron chi connectivity index (χ2n) is 6.26. The number of benzene rings is 1. The number of halogens is 1. The fraction of sp³-hybridized carbons (Fsp3) is 0.647. The molecule has 2 fully saturated rings. The van der Waals surface area contributed by atoms with E-state index in [0.29, 0.717) is 6.54 Å². The molecule has 1 aromatic carbocycles. The summed E-state index contributed by atoms with van der Waals surface area (Å²) >= 11 is 6.25. The Kier molecular flexibility index (Phi) is 4.52. The molecule has 3 heteroatoms. The number of nitrogens with zero attached hydrogens (tertiary/aromatic N) is 1. The number of anilines is 1. The molecule has 0 aromatic heterocycles. The molecule has 110 valence electrons. The summed E-state index contributed by atoms with van der Waals surface area (Å²) in [5.41, 5.74) is 8.49. The van der Waals surface area contributed by atoms with E-state index in [2.05, 4.69) is 17.0 Å². The number of rotatable bonds is 3. The van der Waals surface area contributed by atoms with Crippen molar-refractivity contribution in [2.45, 2.75) is 51.0 Å². The minimum absolute atomic E-state index is 0.705. The predicted molar refractivity (Wildman–Crippen MR) is 86.5 cm³/mol. The van der Waals surface area contributed by atoms with Crippen LogP contribution in [0.2, 0.25) is 5.02 Å². The summed E-state index contributed by atoms with van der Waals surface area (Å²) in [4.78, 5) is 2.64. The fourth-order valence-corrected chi connectivity index (χ4v) is 4.26. The Morgan fingerprint density at radius 3 is 2.80 bits per heavy atom. The van der Waals surface area contributed by atoms with Gasteiger partial charge in [-0.15, -0.1) is 0 Å².